The van der Waals surface area contributed by atoms with E-state index in [0.29, 0.717) is 34.3 Å². The van der Waals surface area contributed by atoms with E-state index in [0.717, 1.165) is 55.5 Å². The second-order valence-electron chi connectivity index (χ2n) is 9.37. The second kappa shape index (κ2) is 8.19. The lowest BCUT2D eigenvalue weighted by Gasteiger charge is -2.46. The van der Waals surface area contributed by atoms with Crippen molar-refractivity contribution in [1.82, 2.24) is 24.1 Å². The van der Waals surface area contributed by atoms with Crippen LogP contribution in [-0.4, -0.2) is 56.9 Å². The zero-order valence-corrected chi connectivity index (χ0v) is 18.9. The minimum atomic E-state index is -2.45. The number of ether oxygens (including phenoxy) is 2. The molecule has 10 heteroatoms. The first-order valence-electron chi connectivity index (χ1n) is 11.5. The molecule has 0 amide bonds. The topological polar surface area (TPSA) is 78.5 Å². The van der Waals surface area contributed by atoms with Crippen LogP contribution in [0.1, 0.15) is 25.7 Å². The molecule has 1 aliphatic carbocycles. The Hall–Kier alpha value is -3.27. The van der Waals surface area contributed by atoms with Crippen LogP contribution in [-0.2, 0) is 11.3 Å². The molecule has 1 spiro atoms. The normalized spacial score (nSPS) is 18.1. The third-order valence-electron chi connectivity index (χ3n) is 7.14. The Kier molecular flexibility index (Phi) is 5.13. The molecule has 8 nitrogen and oxygen atoms in total. The highest BCUT2D eigenvalue weighted by Gasteiger charge is 2.41. The van der Waals surface area contributed by atoms with Crippen molar-refractivity contribution in [2.75, 3.05) is 25.6 Å². The summed E-state index contributed by atoms with van der Waals surface area (Å²) >= 11 is 0. The Bertz CT molecular complexity index is 1340. The molecule has 0 unspecified atom stereocenters. The standard InChI is InChI=1S/C24H26F2N6O2/c1-33-22-21-17(15-2-3-18-19(10-15)31(14-27-18)11-20(25)26)6-9-32(21)30-23(29-22)28-16-4-7-24(8-5-16)12-34-13-24/h2-3,6,9-10,14,16,20H,4-5,7-8,11-13H2,1H3,(H,28,30). The zero-order valence-electron chi connectivity index (χ0n) is 18.9. The first-order chi connectivity index (χ1) is 16.5. The van der Waals surface area contributed by atoms with Gasteiger partial charge in [-0.15, -0.1) is 5.10 Å². The summed E-state index contributed by atoms with van der Waals surface area (Å²) in [4.78, 5) is 8.88. The number of nitrogens with one attached hydrogen (secondary N) is 1. The minimum absolute atomic E-state index is 0.320. The van der Waals surface area contributed by atoms with Gasteiger partial charge in [-0.2, -0.15) is 4.98 Å². The van der Waals surface area contributed by atoms with Crippen LogP contribution in [0.3, 0.4) is 0 Å². The van der Waals surface area contributed by atoms with E-state index in [9.17, 15) is 8.78 Å². The molecular formula is C24H26F2N6O2. The number of hydrogen-bond acceptors (Lipinski definition) is 6. The fraction of sp³-hybridized carbons (Fsp3) is 0.458. The van der Waals surface area contributed by atoms with E-state index in [1.165, 1.54) is 10.9 Å². The van der Waals surface area contributed by atoms with Gasteiger partial charge in [0.1, 0.15) is 5.52 Å². The summed E-state index contributed by atoms with van der Waals surface area (Å²) in [6.45, 7) is 1.38. The average molecular weight is 469 g/mol. The highest BCUT2D eigenvalue weighted by molar-refractivity contribution is 5.89. The third-order valence-corrected chi connectivity index (χ3v) is 7.14. The predicted octanol–water partition coefficient (Wildman–Crippen LogP) is 4.39. The largest absolute Gasteiger partial charge is 0.479 e. The number of nitrogens with zero attached hydrogens (tertiary/aromatic N) is 5. The van der Waals surface area contributed by atoms with Gasteiger partial charge in [-0.1, -0.05) is 6.07 Å². The van der Waals surface area contributed by atoms with E-state index < -0.39 is 13.0 Å². The van der Waals surface area contributed by atoms with Gasteiger partial charge in [0, 0.05) is 23.2 Å². The number of rotatable bonds is 6. The second-order valence-corrected chi connectivity index (χ2v) is 9.37. The minimum Gasteiger partial charge on any atom is -0.479 e. The molecule has 0 radical (unpaired) electrons. The van der Waals surface area contributed by atoms with E-state index in [-0.39, 0.29) is 0 Å². The molecule has 1 N–H and O–H groups in total. The van der Waals surface area contributed by atoms with Crippen molar-refractivity contribution < 1.29 is 18.3 Å². The quantitative estimate of drug-likeness (QED) is 0.452. The average Bonchev–Trinajstić information content (AvgIpc) is 3.41. The molecule has 4 heterocycles. The Morgan fingerprint density at radius 3 is 2.76 bits per heavy atom. The van der Waals surface area contributed by atoms with Crippen LogP contribution in [0.2, 0.25) is 0 Å². The van der Waals surface area contributed by atoms with Gasteiger partial charge in [0.2, 0.25) is 11.8 Å². The Morgan fingerprint density at radius 2 is 2.06 bits per heavy atom. The molecule has 6 rings (SSSR count). The Morgan fingerprint density at radius 1 is 1.24 bits per heavy atom. The molecule has 0 bridgehead atoms. The summed E-state index contributed by atoms with van der Waals surface area (Å²) in [7, 11) is 1.59. The number of alkyl halides is 2. The lowest BCUT2D eigenvalue weighted by molar-refractivity contribution is -0.131. The summed E-state index contributed by atoms with van der Waals surface area (Å²) in [5.41, 5.74) is 4.16. The highest BCUT2D eigenvalue weighted by Crippen LogP contribution is 2.42. The van der Waals surface area contributed by atoms with Crippen molar-refractivity contribution in [1.29, 1.82) is 0 Å². The molecule has 1 saturated carbocycles. The van der Waals surface area contributed by atoms with Gasteiger partial charge in [0.05, 0.1) is 44.2 Å². The van der Waals surface area contributed by atoms with Gasteiger partial charge >= 0.3 is 0 Å². The SMILES string of the molecule is COc1nc(NC2CCC3(CC2)COC3)nn2ccc(-c3ccc4ncn(CC(F)F)c4c3)c12. The van der Waals surface area contributed by atoms with Crippen molar-refractivity contribution in [3.05, 3.63) is 36.8 Å². The number of hydrogen-bond donors (Lipinski definition) is 1. The van der Waals surface area contributed by atoms with Gasteiger partial charge in [-0.25, -0.2) is 18.3 Å². The molecule has 1 aliphatic heterocycles. The first kappa shape index (κ1) is 21.3. The summed E-state index contributed by atoms with van der Waals surface area (Å²) in [6.07, 6.45) is 5.30. The number of benzene rings is 1. The molecule has 0 atom stereocenters. The summed E-state index contributed by atoms with van der Waals surface area (Å²) in [6, 6.07) is 7.88. The molecule has 1 saturated heterocycles. The lowest BCUT2D eigenvalue weighted by Crippen LogP contribution is -2.47. The number of anilines is 1. The number of imidazole rings is 1. The van der Waals surface area contributed by atoms with Crippen molar-refractivity contribution in [2.45, 2.75) is 44.7 Å². The van der Waals surface area contributed by atoms with Crippen LogP contribution in [0, 0.1) is 5.41 Å². The maximum Gasteiger partial charge on any atom is 0.256 e. The van der Waals surface area contributed by atoms with Gasteiger partial charge in [-0.05, 0) is 49.4 Å². The monoisotopic (exact) mass is 468 g/mol. The molecule has 34 heavy (non-hydrogen) atoms. The highest BCUT2D eigenvalue weighted by atomic mass is 19.3. The molecule has 178 valence electrons. The fourth-order valence-corrected chi connectivity index (χ4v) is 5.18. The van der Waals surface area contributed by atoms with Crippen molar-refractivity contribution in [3.63, 3.8) is 0 Å². The molecule has 4 aromatic rings. The summed E-state index contributed by atoms with van der Waals surface area (Å²) in [5.74, 6) is 0.987. The number of fused-ring (bicyclic) bond motifs is 2. The maximum atomic E-state index is 13.0. The molecule has 1 aromatic carbocycles. The van der Waals surface area contributed by atoms with Crippen molar-refractivity contribution in [2.24, 2.45) is 5.41 Å². The fourth-order valence-electron chi connectivity index (χ4n) is 5.18. The van der Waals surface area contributed by atoms with Gasteiger partial charge in [0.25, 0.3) is 6.43 Å². The lowest BCUT2D eigenvalue weighted by atomic mass is 9.71. The van der Waals surface area contributed by atoms with Crippen LogP contribution in [0.4, 0.5) is 14.7 Å². The molecular weight excluding hydrogens is 442 g/mol. The third kappa shape index (κ3) is 3.66. The van der Waals surface area contributed by atoms with Crippen molar-refractivity contribution in [3.8, 4) is 17.0 Å². The van der Waals surface area contributed by atoms with Crippen LogP contribution in [0.25, 0.3) is 27.7 Å². The van der Waals surface area contributed by atoms with Crippen LogP contribution in [0.15, 0.2) is 36.8 Å². The smallest absolute Gasteiger partial charge is 0.256 e. The van der Waals surface area contributed by atoms with Gasteiger partial charge < -0.3 is 19.4 Å². The van der Waals surface area contributed by atoms with E-state index in [1.807, 2.05) is 30.5 Å². The van der Waals surface area contributed by atoms with E-state index in [4.69, 9.17) is 9.47 Å². The van der Waals surface area contributed by atoms with Crippen LogP contribution in [0.5, 0.6) is 5.88 Å². The Balaban J connectivity index is 1.31. The first-order valence-corrected chi connectivity index (χ1v) is 11.5. The molecule has 3 aromatic heterocycles. The van der Waals surface area contributed by atoms with Crippen molar-refractivity contribution >= 4 is 22.5 Å². The maximum absolute atomic E-state index is 13.0. The molecule has 2 aliphatic rings. The number of methoxy groups -OCH3 is 1. The predicted molar refractivity (Wildman–Crippen MR) is 123 cm³/mol. The van der Waals surface area contributed by atoms with E-state index in [1.54, 1.807) is 11.6 Å². The number of halogens is 2. The number of aromatic nitrogens is 5. The Labute approximate surface area is 194 Å². The zero-order chi connectivity index (χ0) is 23.3. The van der Waals surface area contributed by atoms with Crippen LogP contribution < -0.4 is 10.1 Å². The van der Waals surface area contributed by atoms with E-state index >= 15 is 0 Å². The summed E-state index contributed by atoms with van der Waals surface area (Å²) in [5, 5.41) is 8.16. The molecule has 2 fully saturated rings. The van der Waals surface area contributed by atoms with Crippen LogP contribution >= 0.6 is 0 Å². The van der Waals surface area contributed by atoms with E-state index in [2.05, 4.69) is 20.4 Å². The summed E-state index contributed by atoms with van der Waals surface area (Å²) < 4.78 is 40.2. The van der Waals surface area contributed by atoms with Gasteiger partial charge in [0.15, 0.2) is 0 Å². The van der Waals surface area contributed by atoms with Gasteiger partial charge in [-0.3, -0.25) is 0 Å².